The fraction of sp³-hybridized carbons (Fsp3) is 0.857. The molecule has 0 aromatic carbocycles. The lowest BCUT2D eigenvalue weighted by Crippen LogP contribution is -2.18. The number of hydrogen-bond acceptors (Lipinski definition) is 6. The third kappa shape index (κ3) is 5.84. The zero-order chi connectivity index (χ0) is 12.7. The van der Waals surface area contributed by atoms with E-state index < -0.39 is 12.8 Å². The first-order chi connectivity index (χ1) is 8.03. The quantitative estimate of drug-likeness (QED) is 0.567. The smallest absolute Gasteiger partial charge is 0.371 e. The number of nitrogens with two attached hydrogens (primary N) is 1. The summed E-state index contributed by atoms with van der Waals surface area (Å²) >= 11 is 1.22. The van der Waals surface area contributed by atoms with E-state index in [1.165, 1.54) is 16.4 Å². The van der Waals surface area contributed by atoms with Crippen molar-refractivity contribution in [2.24, 2.45) is 5.73 Å². The first-order valence-corrected chi connectivity index (χ1v) is 5.75. The van der Waals surface area contributed by atoms with Gasteiger partial charge in [-0.2, -0.15) is 13.2 Å². The summed E-state index contributed by atoms with van der Waals surface area (Å²) in [7, 11) is 0. The second kappa shape index (κ2) is 6.77. The van der Waals surface area contributed by atoms with Gasteiger partial charge in [-0.1, -0.05) is 11.8 Å². The topological polar surface area (TPSA) is 78.9 Å². The van der Waals surface area contributed by atoms with Crippen molar-refractivity contribution in [3.8, 4) is 0 Å². The van der Waals surface area contributed by atoms with Crippen LogP contribution < -0.4 is 5.73 Å². The SMILES string of the molecule is NCCn1nnnc1SCCOCC(F)(F)F. The molecular weight excluding hydrogens is 259 g/mol. The van der Waals surface area contributed by atoms with Crippen LogP contribution in [0.25, 0.3) is 0 Å². The Kier molecular flexibility index (Phi) is 5.65. The molecular formula is C7H12F3N5OS. The Hall–Kier alpha value is -0.870. The number of nitrogens with zero attached hydrogens (tertiary/aromatic N) is 4. The van der Waals surface area contributed by atoms with Gasteiger partial charge in [-0.25, -0.2) is 4.68 Å². The van der Waals surface area contributed by atoms with Gasteiger partial charge in [0.25, 0.3) is 0 Å². The van der Waals surface area contributed by atoms with Crippen LogP contribution >= 0.6 is 11.8 Å². The third-order valence-electron chi connectivity index (χ3n) is 1.56. The van der Waals surface area contributed by atoms with Crippen LogP contribution in [0.5, 0.6) is 0 Å². The van der Waals surface area contributed by atoms with Crippen LogP contribution in [-0.4, -0.2) is 51.9 Å². The molecule has 0 unspecified atom stereocenters. The molecule has 98 valence electrons. The van der Waals surface area contributed by atoms with Crippen molar-refractivity contribution in [1.29, 1.82) is 0 Å². The summed E-state index contributed by atoms with van der Waals surface area (Å²) in [6.45, 7) is -0.386. The van der Waals surface area contributed by atoms with Crippen molar-refractivity contribution >= 4 is 11.8 Å². The standard InChI is InChI=1S/C7H12F3N5OS/c8-7(9,10)5-16-3-4-17-6-12-13-14-15(6)2-1-11/h1-5,11H2. The maximum Gasteiger partial charge on any atom is 0.411 e. The molecule has 0 saturated heterocycles. The van der Waals surface area contributed by atoms with Gasteiger partial charge in [-0.05, 0) is 10.4 Å². The van der Waals surface area contributed by atoms with E-state index >= 15 is 0 Å². The fourth-order valence-corrected chi connectivity index (χ4v) is 1.70. The average Bonchev–Trinajstić information content (AvgIpc) is 2.64. The molecule has 0 bridgehead atoms. The van der Waals surface area contributed by atoms with Crippen molar-refractivity contribution in [1.82, 2.24) is 20.2 Å². The van der Waals surface area contributed by atoms with Gasteiger partial charge in [0, 0.05) is 12.3 Å². The van der Waals surface area contributed by atoms with Crippen molar-refractivity contribution in [3.63, 3.8) is 0 Å². The molecule has 17 heavy (non-hydrogen) atoms. The van der Waals surface area contributed by atoms with Crippen LogP contribution in [0.15, 0.2) is 5.16 Å². The average molecular weight is 271 g/mol. The number of alkyl halides is 3. The Morgan fingerprint density at radius 3 is 2.82 bits per heavy atom. The normalized spacial score (nSPS) is 12.0. The Morgan fingerprint density at radius 1 is 1.41 bits per heavy atom. The molecule has 0 aliphatic carbocycles. The molecule has 10 heteroatoms. The molecule has 0 aliphatic heterocycles. The van der Waals surface area contributed by atoms with Gasteiger partial charge >= 0.3 is 6.18 Å². The van der Waals surface area contributed by atoms with Crippen LogP contribution in [0, 0.1) is 0 Å². The first-order valence-electron chi connectivity index (χ1n) is 4.76. The number of halogens is 3. The monoisotopic (exact) mass is 271 g/mol. The highest BCUT2D eigenvalue weighted by Crippen LogP contribution is 2.16. The number of thioether (sulfide) groups is 1. The summed E-state index contributed by atoms with van der Waals surface area (Å²) in [6.07, 6.45) is -4.29. The molecule has 1 heterocycles. The fourth-order valence-electron chi connectivity index (χ4n) is 0.942. The molecule has 1 aromatic rings. The molecule has 1 aromatic heterocycles. The predicted molar refractivity (Wildman–Crippen MR) is 54.5 cm³/mol. The largest absolute Gasteiger partial charge is 0.411 e. The van der Waals surface area contributed by atoms with Crippen LogP contribution in [0.1, 0.15) is 0 Å². The summed E-state index contributed by atoms with van der Waals surface area (Å²) in [6, 6.07) is 0. The highest BCUT2D eigenvalue weighted by molar-refractivity contribution is 7.99. The van der Waals surface area contributed by atoms with E-state index in [4.69, 9.17) is 5.73 Å². The summed E-state index contributed by atoms with van der Waals surface area (Å²) < 4.78 is 41.2. The van der Waals surface area contributed by atoms with E-state index in [2.05, 4.69) is 20.3 Å². The lowest BCUT2D eigenvalue weighted by atomic mass is 10.7. The Labute approximate surface area is 99.7 Å². The highest BCUT2D eigenvalue weighted by atomic mass is 32.2. The molecule has 0 atom stereocenters. The Balaban J connectivity index is 2.20. The zero-order valence-electron chi connectivity index (χ0n) is 8.85. The molecule has 0 aliphatic rings. The second-order valence-electron chi connectivity index (χ2n) is 2.99. The summed E-state index contributed by atoms with van der Waals surface area (Å²) in [4.78, 5) is 0. The molecule has 0 amide bonds. The van der Waals surface area contributed by atoms with Gasteiger partial charge in [0.15, 0.2) is 0 Å². The first kappa shape index (κ1) is 14.2. The highest BCUT2D eigenvalue weighted by Gasteiger charge is 2.27. The predicted octanol–water partition coefficient (Wildman–Crippen LogP) is 0.303. The van der Waals surface area contributed by atoms with Crippen LogP contribution in [-0.2, 0) is 11.3 Å². The molecule has 0 fully saturated rings. The van der Waals surface area contributed by atoms with Gasteiger partial charge in [0.2, 0.25) is 5.16 Å². The molecule has 0 saturated carbocycles. The van der Waals surface area contributed by atoms with E-state index in [1.807, 2.05) is 0 Å². The van der Waals surface area contributed by atoms with Crippen molar-refractivity contribution in [3.05, 3.63) is 0 Å². The van der Waals surface area contributed by atoms with Crippen molar-refractivity contribution in [2.75, 3.05) is 25.5 Å². The number of rotatable bonds is 7. The van der Waals surface area contributed by atoms with Gasteiger partial charge in [0.05, 0.1) is 13.2 Å². The number of hydrogen-bond donors (Lipinski definition) is 1. The van der Waals surface area contributed by atoms with Crippen LogP contribution in [0.2, 0.25) is 0 Å². The maximum atomic E-state index is 11.7. The minimum Gasteiger partial charge on any atom is -0.371 e. The van der Waals surface area contributed by atoms with Gasteiger partial charge in [0.1, 0.15) is 6.61 Å². The molecule has 0 spiro atoms. The number of tetrazole rings is 1. The van der Waals surface area contributed by atoms with Crippen molar-refractivity contribution in [2.45, 2.75) is 17.9 Å². The third-order valence-corrected chi connectivity index (χ3v) is 2.49. The van der Waals surface area contributed by atoms with Gasteiger partial charge in [-0.3, -0.25) is 0 Å². The van der Waals surface area contributed by atoms with Gasteiger partial charge < -0.3 is 10.5 Å². The van der Waals surface area contributed by atoms with E-state index in [-0.39, 0.29) is 6.61 Å². The van der Waals surface area contributed by atoms with Crippen LogP contribution in [0.3, 0.4) is 0 Å². The number of ether oxygens (including phenoxy) is 1. The Morgan fingerprint density at radius 2 is 2.18 bits per heavy atom. The minimum atomic E-state index is -4.29. The van der Waals surface area contributed by atoms with E-state index in [9.17, 15) is 13.2 Å². The lowest BCUT2D eigenvalue weighted by Gasteiger charge is -2.07. The van der Waals surface area contributed by atoms with Crippen LogP contribution in [0.4, 0.5) is 13.2 Å². The van der Waals surface area contributed by atoms with E-state index in [1.54, 1.807) is 0 Å². The second-order valence-corrected chi connectivity index (χ2v) is 4.05. The lowest BCUT2D eigenvalue weighted by molar-refractivity contribution is -0.172. The minimum absolute atomic E-state index is 0.0142. The molecule has 0 radical (unpaired) electrons. The maximum absolute atomic E-state index is 11.7. The van der Waals surface area contributed by atoms with Crippen molar-refractivity contribution < 1.29 is 17.9 Å². The Bertz CT molecular complexity index is 332. The molecule has 2 N–H and O–H groups in total. The van der Waals surface area contributed by atoms with E-state index in [0.29, 0.717) is 24.0 Å². The summed E-state index contributed by atoms with van der Waals surface area (Å²) in [5.41, 5.74) is 5.34. The summed E-state index contributed by atoms with van der Waals surface area (Å²) in [5, 5.41) is 11.4. The molecule has 1 rings (SSSR count). The van der Waals surface area contributed by atoms with E-state index in [0.717, 1.165) is 0 Å². The zero-order valence-corrected chi connectivity index (χ0v) is 9.67. The summed E-state index contributed by atoms with van der Waals surface area (Å²) in [5.74, 6) is 0.348. The molecule has 6 nitrogen and oxygen atoms in total. The number of aromatic nitrogens is 4. The van der Waals surface area contributed by atoms with Gasteiger partial charge in [-0.15, -0.1) is 5.10 Å².